The van der Waals surface area contributed by atoms with Crippen LogP contribution in [0.3, 0.4) is 0 Å². The van der Waals surface area contributed by atoms with E-state index in [1.165, 1.54) is 12.1 Å². The molecule has 1 nitrogen and oxygen atoms in total. The lowest BCUT2D eigenvalue weighted by molar-refractivity contribution is 0.577. The molecule has 0 saturated carbocycles. The molecule has 0 aliphatic heterocycles. The quantitative estimate of drug-likeness (QED) is 0.846. The average Bonchev–Trinajstić information content (AvgIpc) is 2.39. The lowest BCUT2D eigenvalue weighted by Crippen LogP contribution is -2.19. The minimum atomic E-state index is -0.270. The van der Waals surface area contributed by atoms with Crippen molar-refractivity contribution in [1.29, 1.82) is 0 Å². The van der Waals surface area contributed by atoms with Crippen molar-refractivity contribution in [1.82, 2.24) is 5.32 Å². The van der Waals surface area contributed by atoms with E-state index in [1.54, 1.807) is 6.07 Å². The van der Waals surface area contributed by atoms with Crippen LogP contribution in [0.5, 0.6) is 0 Å². The monoisotopic (exact) mass is 341 g/mol. The molecule has 1 unspecified atom stereocenters. The number of hydrogen-bond acceptors (Lipinski definition) is 1. The minimum Gasteiger partial charge on any atom is -0.313 e. The van der Waals surface area contributed by atoms with Crippen molar-refractivity contribution in [2.24, 2.45) is 0 Å². The van der Waals surface area contributed by atoms with Crippen LogP contribution in [0, 0.1) is 5.82 Å². The molecule has 0 fully saturated rings. The van der Waals surface area contributed by atoms with Crippen LogP contribution >= 0.6 is 27.5 Å². The highest BCUT2D eigenvalue weighted by Crippen LogP contribution is 2.27. The fourth-order valence-electron chi connectivity index (χ4n) is 2.05. The van der Waals surface area contributed by atoms with Crippen LogP contribution in [0.25, 0.3) is 0 Å². The van der Waals surface area contributed by atoms with Crippen LogP contribution < -0.4 is 5.32 Å². The molecule has 0 aliphatic rings. The molecule has 0 spiro atoms. The van der Waals surface area contributed by atoms with E-state index in [0.29, 0.717) is 5.02 Å². The second-order valence-corrected chi connectivity index (χ2v) is 5.66. The highest BCUT2D eigenvalue weighted by Gasteiger charge is 2.14. The molecule has 1 N–H and O–H groups in total. The van der Waals surface area contributed by atoms with Gasteiger partial charge in [-0.3, -0.25) is 0 Å². The van der Waals surface area contributed by atoms with Crippen molar-refractivity contribution in [3.63, 3.8) is 0 Å². The van der Waals surface area contributed by atoms with Gasteiger partial charge in [-0.05, 0) is 54.9 Å². The third-order valence-corrected chi connectivity index (χ3v) is 3.85. The molecule has 0 amide bonds. The van der Waals surface area contributed by atoms with E-state index >= 15 is 0 Å². The second-order valence-electron chi connectivity index (χ2n) is 4.34. The molecule has 100 valence electrons. The first-order chi connectivity index (χ1) is 9.10. The van der Waals surface area contributed by atoms with E-state index < -0.39 is 0 Å². The maximum Gasteiger partial charge on any atom is 0.123 e. The highest BCUT2D eigenvalue weighted by molar-refractivity contribution is 9.10. The van der Waals surface area contributed by atoms with Gasteiger partial charge in [-0.25, -0.2) is 4.39 Å². The van der Waals surface area contributed by atoms with Gasteiger partial charge in [0, 0.05) is 15.5 Å². The van der Waals surface area contributed by atoms with Gasteiger partial charge in [-0.2, -0.15) is 0 Å². The molecule has 19 heavy (non-hydrogen) atoms. The number of halogens is 3. The molecule has 0 saturated heterocycles. The normalized spacial score (nSPS) is 12.4. The van der Waals surface area contributed by atoms with Gasteiger partial charge in [0.25, 0.3) is 0 Å². The molecule has 0 radical (unpaired) electrons. The van der Waals surface area contributed by atoms with Gasteiger partial charge < -0.3 is 5.32 Å². The van der Waals surface area contributed by atoms with E-state index in [4.69, 9.17) is 11.6 Å². The molecule has 2 rings (SSSR count). The van der Waals surface area contributed by atoms with E-state index in [1.807, 2.05) is 25.2 Å². The van der Waals surface area contributed by atoms with Crippen LogP contribution in [0.15, 0.2) is 46.9 Å². The van der Waals surface area contributed by atoms with E-state index in [-0.39, 0.29) is 11.9 Å². The lowest BCUT2D eigenvalue weighted by atomic mass is 9.99. The maximum absolute atomic E-state index is 13.4. The number of nitrogens with one attached hydrogen (secondary N) is 1. The summed E-state index contributed by atoms with van der Waals surface area (Å²) < 4.78 is 14.4. The van der Waals surface area contributed by atoms with Crippen molar-refractivity contribution in [3.8, 4) is 0 Å². The van der Waals surface area contributed by atoms with Crippen molar-refractivity contribution in [3.05, 3.63) is 68.9 Å². The number of rotatable bonds is 4. The lowest BCUT2D eigenvalue weighted by Gasteiger charge is -2.18. The summed E-state index contributed by atoms with van der Waals surface area (Å²) >= 11 is 9.60. The van der Waals surface area contributed by atoms with Crippen LogP contribution in [-0.2, 0) is 6.42 Å². The summed E-state index contributed by atoms with van der Waals surface area (Å²) in [7, 11) is 1.85. The van der Waals surface area contributed by atoms with Gasteiger partial charge in [-0.1, -0.05) is 39.7 Å². The Bertz CT molecular complexity index is 574. The molecule has 2 aromatic carbocycles. The van der Waals surface area contributed by atoms with Crippen molar-refractivity contribution in [2.45, 2.75) is 12.5 Å². The van der Waals surface area contributed by atoms with Crippen LogP contribution in [0.4, 0.5) is 4.39 Å². The van der Waals surface area contributed by atoms with E-state index in [2.05, 4.69) is 27.3 Å². The molecule has 4 heteroatoms. The molecule has 0 heterocycles. The second kappa shape index (κ2) is 6.51. The minimum absolute atomic E-state index is 0.0162. The van der Waals surface area contributed by atoms with Crippen LogP contribution in [-0.4, -0.2) is 7.05 Å². The van der Waals surface area contributed by atoms with E-state index in [0.717, 1.165) is 22.0 Å². The first-order valence-electron chi connectivity index (χ1n) is 5.97. The third-order valence-electron chi connectivity index (χ3n) is 3.01. The van der Waals surface area contributed by atoms with Gasteiger partial charge in [0.2, 0.25) is 0 Å². The summed E-state index contributed by atoms with van der Waals surface area (Å²) in [5, 5.41) is 3.77. The summed E-state index contributed by atoms with van der Waals surface area (Å²) in [6.45, 7) is 0. The smallest absolute Gasteiger partial charge is 0.123 e. The van der Waals surface area contributed by atoms with Crippen LogP contribution in [0.2, 0.25) is 5.02 Å². The summed E-state index contributed by atoms with van der Waals surface area (Å²) in [6.07, 6.45) is 0.749. The molecule has 2 aromatic rings. The van der Waals surface area contributed by atoms with Gasteiger partial charge in [0.1, 0.15) is 5.82 Å². The predicted octanol–water partition coefficient (Wildman–Crippen LogP) is 4.74. The Morgan fingerprint density at radius 2 is 2.05 bits per heavy atom. The maximum atomic E-state index is 13.4. The molecule has 0 bridgehead atoms. The highest BCUT2D eigenvalue weighted by atomic mass is 79.9. The molecular formula is C15H14BrClFN. The summed E-state index contributed by atoms with van der Waals surface area (Å²) in [6, 6.07) is 12.5. The SMILES string of the molecule is CNC(Cc1cccc(Br)c1)c1cc(F)ccc1Cl. The van der Waals surface area contributed by atoms with Gasteiger partial charge in [-0.15, -0.1) is 0 Å². The third kappa shape index (κ3) is 3.78. The Morgan fingerprint density at radius 3 is 2.74 bits per heavy atom. The molecule has 1 atom stereocenters. The fraction of sp³-hybridized carbons (Fsp3) is 0.200. The van der Waals surface area contributed by atoms with Crippen molar-refractivity contribution < 1.29 is 4.39 Å². The summed E-state index contributed by atoms with van der Waals surface area (Å²) in [5.74, 6) is -0.270. The number of likely N-dealkylation sites (N-methyl/N-ethyl adjacent to an activating group) is 1. The standard InChI is InChI=1S/C15H14BrClFN/c1-19-15(8-10-3-2-4-11(16)7-10)13-9-12(18)5-6-14(13)17/h2-7,9,15,19H,8H2,1H3. The zero-order chi connectivity index (χ0) is 13.8. The summed E-state index contributed by atoms with van der Waals surface area (Å²) in [4.78, 5) is 0. The zero-order valence-electron chi connectivity index (χ0n) is 10.5. The first kappa shape index (κ1) is 14.5. The fourth-order valence-corrected chi connectivity index (χ4v) is 2.74. The Kier molecular flexibility index (Phi) is 4.97. The molecular weight excluding hydrogens is 329 g/mol. The number of hydrogen-bond donors (Lipinski definition) is 1. The average molecular weight is 343 g/mol. The molecule has 0 aromatic heterocycles. The van der Waals surface area contributed by atoms with Crippen LogP contribution in [0.1, 0.15) is 17.2 Å². The first-order valence-corrected chi connectivity index (χ1v) is 7.14. The Morgan fingerprint density at radius 1 is 1.26 bits per heavy atom. The Labute approximate surface area is 125 Å². The van der Waals surface area contributed by atoms with Gasteiger partial charge >= 0.3 is 0 Å². The van der Waals surface area contributed by atoms with Crippen molar-refractivity contribution >= 4 is 27.5 Å². The topological polar surface area (TPSA) is 12.0 Å². The largest absolute Gasteiger partial charge is 0.313 e. The predicted molar refractivity (Wildman–Crippen MR) is 81.1 cm³/mol. The zero-order valence-corrected chi connectivity index (χ0v) is 12.8. The molecule has 0 aliphatic carbocycles. The number of benzene rings is 2. The van der Waals surface area contributed by atoms with Gasteiger partial charge in [0.15, 0.2) is 0 Å². The summed E-state index contributed by atoms with van der Waals surface area (Å²) in [5.41, 5.74) is 1.94. The van der Waals surface area contributed by atoms with E-state index in [9.17, 15) is 4.39 Å². The Balaban J connectivity index is 2.27. The van der Waals surface area contributed by atoms with Gasteiger partial charge in [0.05, 0.1) is 0 Å². The van der Waals surface area contributed by atoms with Crippen molar-refractivity contribution in [2.75, 3.05) is 7.05 Å². The Hall–Kier alpha value is -0.900.